The van der Waals surface area contributed by atoms with E-state index in [-0.39, 0.29) is 47.9 Å². The van der Waals surface area contributed by atoms with Gasteiger partial charge in [-0.3, -0.25) is 19.1 Å². The Morgan fingerprint density at radius 1 is 1.24 bits per heavy atom. The van der Waals surface area contributed by atoms with Crippen molar-refractivity contribution in [2.45, 2.75) is 25.6 Å². The maximum Gasteiger partial charge on any atom is 0.269 e. The molecule has 3 aromatic rings. The summed E-state index contributed by atoms with van der Waals surface area (Å²) in [4.78, 5) is 39.1. The molecule has 3 amide bonds. The molecule has 0 spiro atoms. The lowest BCUT2D eigenvalue weighted by Gasteiger charge is -2.27. The van der Waals surface area contributed by atoms with Crippen molar-refractivity contribution in [3.05, 3.63) is 64.6 Å². The number of nitrogens with one attached hydrogen (secondary N) is 1. The van der Waals surface area contributed by atoms with Crippen LogP contribution in [0.3, 0.4) is 0 Å². The van der Waals surface area contributed by atoms with Gasteiger partial charge in [0.1, 0.15) is 12.4 Å². The second kappa shape index (κ2) is 10.2. The summed E-state index contributed by atoms with van der Waals surface area (Å²) < 4.78 is 20.9. The number of carbonyl (C=O) groups is 3. The van der Waals surface area contributed by atoms with E-state index in [4.69, 9.17) is 22.1 Å². The predicted molar refractivity (Wildman–Crippen MR) is 122 cm³/mol. The first-order chi connectivity index (χ1) is 16.3. The maximum absolute atomic E-state index is 14.1. The average molecular weight is 488 g/mol. The van der Waals surface area contributed by atoms with Crippen molar-refractivity contribution in [3.63, 3.8) is 0 Å². The van der Waals surface area contributed by atoms with Crippen LogP contribution in [0.1, 0.15) is 22.5 Å². The highest BCUT2D eigenvalue weighted by Crippen LogP contribution is 2.20. The second-order valence-corrected chi connectivity index (χ2v) is 8.32. The molecule has 178 valence electrons. The molecule has 1 fully saturated rings. The molecule has 1 saturated heterocycles. The third kappa shape index (κ3) is 5.02. The summed E-state index contributed by atoms with van der Waals surface area (Å²) in [7, 11) is 0. The zero-order chi connectivity index (χ0) is 24.2. The van der Waals surface area contributed by atoms with Gasteiger partial charge in [-0.2, -0.15) is 5.10 Å². The van der Waals surface area contributed by atoms with E-state index in [1.807, 2.05) is 0 Å². The number of primary amides is 1. The van der Waals surface area contributed by atoms with E-state index >= 15 is 0 Å². The highest BCUT2D eigenvalue weighted by Gasteiger charge is 2.30. The van der Waals surface area contributed by atoms with Crippen LogP contribution >= 0.6 is 11.6 Å². The van der Waals surface area contributed by atoms with Crippen molar-refractivity contribution >= 4 is 40.2 Å². The van der Waals surface area contributed by atoms with Crippen molar-refractivity contribution in [1.82, 2.24) is 20.0 Å². The molecular weight excluding hydrogens is 465 g/mol. The lowest BCUT2D eigenvalue weighted by atomic mass is 10.2. The first kappa shape index (κ1) is 23.7. The number of fused-ring (bicyclic) bond motifs is 1. The van der Waals surface area contributed by atoms with Gasteiger partial charge in [0.05, 0.1) is 29.7 Å². The molecule has 4 rings (SSSR count). The van der Waals surface area contributed by atoms with Crippen LogP contribution in [0.4, 0.5) is 4.39 Å². The Morgan fingerprint density at radius 3 is 2.76 bits per heavy atom. The van der Waals surface area contributed by atoms with E-state index in [1.165, 1.54) is 21.7 Å². The average Bonchev–Trinajstić information content (AvgIpc) is 3.47. The zero-order valence-corrected chi connectivity index (χ0v) is 18.9. The number of hydrogen-bond acceptors (Lipinski definition) is 5. The second-order valence-electron chi connectivity index (χ2n) is 7.92. The quantitative estimate of drug-likeness (QED) is 0.502. The molecule has 1 aliphatic rings. The monoisotopic (exact) mass is 487 g/mol. The molecule has 2 aromatic carbocycles. The highest BCUT2D eigenvalue weighted by molar-refractivity contribution is 6.30. The van der Waals surface area contributed by atoms with E-state index in [0.717, 1.165) is 0 Å². The van der Waals surface area contributed by atoms with Crippen LogP contribution < -0.4 is 11.1 Å². The molecule has 11 heteroatoms. The number of amides is 3. The molecule has 1 aliphatic heterocycles. The number of nitrogens with zero attached hydrogens (tertiary/aromatic N) is 3. The number of aromatic nitrogens is 2. The number of ether oxygens (including phenoxy) is 1. The highest BCUT2D eigenvalue weighted by atomic mass is 35.5. The van der Waals surface area contributed by atoms with Crippen molar-refractivity contribution in [2.24, 2.45) is 5.73 Å². The normalized spacial score (nSPS) is 15.4. The van der Waals surface area contributed by atoms with Gasteiger partial charge < -0.3 is 20.7 Å². The van der Waals surface area contributed by atoms with Crippen LogP contribution in [-0.2, 0) is 27.4 Å². The minimum atomic E-state index is -0.698. The molecule has 34 heavy (non-hydrogen) atoms. The summed E-state index contributed by atoms with van der Waals surface area (Å²) in [6, 6.07) is 11.2. The number of halogens is 2. The SMILES string of the molecule is NC(=O)c1nn(CC(=O)N(CC(=O)NCc2cccc(Cl)c2F)C2CCOC2)c2ccccc12. The summed E-state index contributed by atoms with van der Waals surface area (Å²) >= 11 is 5.79. The Kier molecular flexibility index (Phi) is 7.09. The van der Waals surface area contributed by atoms with Crippen LogP contribution in [-0.4, -0.2) is 58.2 Å². The summed E-state index contributed by atoms with van der Waals surface area (Å²) in [6.07, 6.45) is 0.578. The smallest absolute Gasteiger partial charge is 0.269 e. The van der Waals surface area contributed by atoms with Crippen LogP contribution in [0.2, 0.25) is 5.02 Å². The molecule has 0 radical (unpaired) electrons. The van der Waals surface area contributed by atoms with Crippen molar-refractivity contribution in [2.75, 3.05) is 19.8 Å². The number of para-hydroxylation sites is 1. The zero-order valence-electron chi connectivity index (χ0n) is 18.2. The molecule has 9 nitrogen and oxygen atoms in total. The lowest BCUT2D eigenvalue weighted by Crippen LogP contribution is -2.48. The van der Waals surface area contributed by atoms with Gasteiger partial charge in [0.2, 0.25) is 11.8 Å². The van der Waals surface area contributed by atoms with Gasteiger partial charge in [0.15, 0.2) is 5.69 Å². The van der Waals surface area contributed by atoms with Gasteiger partial charge in [-0.05, 0) is 18.6 Å². The lowest BCUT2D eigenvalue weighted by molar-refractivity contribution is -0.139. The van der Waals surface area contributed by atoms with E-state index < -0.39 is 17.6 Å². The minimum absolute atomic E-state index is 0.0339. The predicted octanol–water partition coefficient (Wildman–Crippen LogP) is 1.86. The fourth-order valence-corrected chi connectivity index (χ4v) is 4.12. The largest absolute Gasteiger partial charge is 0.379 e. The Hall–Kier alpha value is -3.50. The first-order valence-corrected chi connectivity index (χ1v) is 11.0. The van der Waals surface area contributed by atoms with E-state index in [0.29, 0.717) is 30.5 Å². The fourth-order valence-electron chi connectivity index (χ4n) is 3.93. The van der Waals surface area contributed by atoms with Crippen molar-refractivity contribution in [3.8, 4) is 0 Å². The summed E-state index contributed by atoms with van der Waals surface area (Å²) in [5, 5.41) is 7.36. The third-order valence-corrected chi connectivity index (χ3v) is 5.96. The minimum Gasteiger partial charge on any atom is -0.379 e. The van der Waals surface area contributed by atoms with Crippen molar-refractivity contribution < 1.29 is 23.5 Å². The molecule has 1 atom stereocenters. The van der Waals surface area contributed by atoms with Gasteiger partial charge in [-0.15, -0.1) is 0 Å². The summed E-state index contributed by atoms with van der Waals surface area (Å²) in [6.45, 7) is 0.270. The number of carbonyl (C=O) groups excluding carboxylic acids is 3. The van der Waals surface area contributed by atoms with E-state index in [1.54, 1.807) is 30.3 Å². The topological polar surface area (TPSA) is 120 Å². The Bertz CT molecular complexity index is 1240. The maximum atomic E-state index is 14.1. The van der Waals surface area contributed by atoms with Gasteiger partial charge >= 0.3 is 0 Å². The van der Waals surface area contributed by atoms with E-state index in [2.05, 4.69) is 10.4 Å². The Balaban J connectivity index is 1.50. The molecule has 0 saturated carbocycles. The molecule has 1 aromatic heterocycles. The number of nitrogens with two attached hydrogens (primary N) is 1. The third-order valence-electron chi connectivity index (χ3n) is 5.66. The first-order valence-electron chi connectivity index (χ1n) is 10.7. The number of rotatable bonds is 8. The van der Waals surface area contributed by atoms with Crippen LogP contribution in [0, 0.1) is 5.82 Å². The van der Waals surface area contributed by atoms with Crippen molar-refractivity contribution in [1.29, 1.82) is 0 Å². The molecule has 0 aliphatic carbocycles. The van der Waals surface area contributed by atoms with E-state index in [9.17, 15) is 18.8 Å². The van der Waals surface area contributed by atoms with Crippen LogP contribution in [0.25, 0.3) is 10.9 Å². The molecule has 1 unspecified atom stereocenters. The fraction of sp³-hybridized carbons (Fsp3) is 0.304. The summed E-state index contributed by atoms with van der Waals surface area (Å²) in [5.41, 5.74) is 6.32. The van der Waals surface area contributed by atoms with Crippen LogP contribution in [0.15, 0.2) is 42.5 Å². The van der Waals surface area contributed by atoms with Gasteiger partial charge in [-0.1, -0.05) is 41.9 Å². The van der Waals surface area contributed by atoms with Gasteiger partial charge in [-0.25, -0.2) is 4.39 Å². The molecule has 3 N–H and O–H groups in total. The number of benzene rings is 2. The van der Waals surface area contributed by atoms with Gasteiger partial charge in [0, 0.05) is 24.1 Å². The molecule has 2 heterocycles. The Labute approximate surface area is 199 Å². The van der Waals surface area contributed by atoms with Gasteiger partial charge in [0.25, 0.3) is 5.91 Å². The molecular formula is C23H23ClFN5O4. The summed E-state index contributed by atoms with van der Waals surface area (Å²) in [5.74, 6) is -2.12. The van der Waals surface area contributed by atoms with Crippen LogP contribution in [0.5, 0.6) is 0 Å². The molecule has 0 bridgehead atoms. The Morgan fingerprint density at radius 2 is 2.03 bits per heavy atom. The number of hydrogen-bond donors (Lipinski definition) is 2. The standard InChI is InChI=1S/C23H23ClFN5O4/c24-17-6-3-4-14(21(17)25)10-27-19(31)11-29(15-8-9-34-13-15)20(32)12-30-18-7-2-1-5-16(18)22(28-30)23(26)33/h1-7,15H,8-13H2,(H2,26,33)(H,27,31).